The van der Waals surface area contributed by atoms with Gasteiger partial charge in [-0.1, -0.05) is 0 Å². The highest BCUT2D eigenvalue weighted by Crippen LogP contribution is 2.30. The fourth-order valence-corrected chi connectivity index (χ4v) is 2.97. The molecule has 124 valence electrons. The SMILES string of the molecule is Cc1sc(NC(=O)c2ccnn2C(F)F)nc1-c1ccc(F)cc1. The monoisotopic (exact) mass is 352 g/mol. The van der Waals surface area contributed by atoms with Gasteiger partial charge in [0.05, 0.1) is 5.69 Å². The van der Waals surface area contributed by atoms with Crippen LogP contribution in [-0.4, -0.2) is 20.7 Å². The second kappa shape index (κ2) is 6.44. The second-order valence-electron chi connectivity index (χ2n) is 4.82. The van der Waals surface area contributed by atoms with Crippen molar-refractivity contribution < 1.29 is 18.0 Å². The summed E-state index contributed by atoms with van der Waals surface area (Å²) in [7, 11) is 0. The molecule has 24 heavy (non-hydrogen) atoms. The van der Waals surface area contributed by atoms with Crippen LogP contribution < -0.4 is 5.32 Å². The summed E-state index contributed by atoms with van der Waals surface area (Å²) in [6.45, 7) is -1.11. The van der Waals surface area contributed by atoms with Gasteiger partial charge in [0.2, 0.25) is 0 Å². The van der Waals surface area contributed by atoms with Gasteiger partial charge in [-0.3, -0.25) is 10.1 Å². The molecule has 1 amide bonds. The van der Waals surface area contributed by atoms with Crippen LogP contribution in [0.25, 0.3) is 11.3 Å². The summed E-state index contributed by atoms with van der Waals surface area (Å²) in [6.07, 6.45) is 1.12. The minimum atomic E-state index is -2.91. The number of benzene rings is 1. The third-order valence-corrected chi connectivity index (χ3v) is 4.11. The van der Waals surface area contributed by atoms with E-state index in [2.05, 4.69) is 15.4 Å². The fourth-order valence-electron chi connectivity index (χ4n) is 2.14. The molecular formula is C15H11F3N4OS. The molecule has 0 saturated carbocycles. The van der Waals surface area contributed by atoms with Gasteiger partial charge in [0.1, 0.15) is 11.5 Å². The molecule has 9 heteroatoms. The lowest BCUT2D eigenvalue weighted by atomic mass is 10.1. The summed E-state index contributed by atoms with van der Waals surface area (Å²) < 4.78 is 38.8. The Hall–Kier alpha value is -2.68. The van der Waals surface area contributed by atoms with Crippen LogP contribution in [0.15, 0.2) is 36.5 Å². The first-order valence-corrected chi connectivity index (χ1v) is 7.63. The van der Waals surface area contributed by atoms with E-state index in [0.29, 0.717) is 15.9 Å². The first-order valence-electron chi connectivity index (χ1n) is 6.82. The molecule has 0 unspecified atom stereocenters. The van der Waals surface area contributed by atoms with Crippen molar-refractivity contribution >= 4 is 22.4 Å². The van der Waals surface area contributed by atoms with E-state index in [1.165, 1.54) is 29.5 Å². The lowest BCUT2D eigenvalue weighted by Gasteiger charge is -2.05. The van der Waals surface area contributed by atoms with E-state index < -0.39 is 12.5 Å². The molecule has 0 aliphatic heterocycles. The van der Waals surface area contributed by atoms with Crippen LogP contribution in [0.1, 0.15) is 21.9 Å². The molecular weight excluding hydrogens is 341 g/mol. The smallest absolute Gasteiger partial charge is 0.296 e. The molecule has 0 bridgehead atoms. The van der Waals surface area contributed by atoms with Crippen LogP contribution >= 0.6 is 11.3 Å². The average Bonchev–Trinajstić information content (AvgIpc) is 3.15. The van der Waals surface area contributed by atoms with Gasteiger partial charge in [0.15, 0.2) is 5.13 Å². The van der Waals surface area contributed by atoms with Gasteiger partial charge in [0, 0.05) is 16.6 Å². The summed E-state index contributed by atoms with van der Waals surface area (Å²) in [6, 6.07) is 6.98. The minimum absolute atomic E-state index is 0.263. The number of rotatable bonds is 4. The van der Waals surface area contributed by atoms with Crippen molar-refractivity contribution in [2.75, 3.05) is 5.32 Å². The van der Waals surface area contributed by atoms with Crippen molar-refractivity contribution in [3.05, 3.63) is 52.9 Å². The number of anilines is 1. The Balaban J connectivity index is 1.84. The summed E-state index contributed by atoms with van der Waals surface area (Å²) >= 11 is 1.20. The third-order valence-electron chi connectivity index (χ3n) is 3.22. The predicted molar refractivity (Wildman–Crippen MR) is 83.7 cm³/mol. The van der Waals surface area contributed by atoms with Gasteiger partial charge in [-0.25, -0.2) is 9.37 Å². The Morgan fingerprint density at radius 2 is 1.96 bits per heavy atom. The Kier molecular flexibility index (Phi) is 4.34. The number of thiazole rings is 1. The first kappa shape index (κ1) is 16.2. The van der Waals surface area contributed by atoms with Crippen molar-refractivity contribution in [3.63, 3.8) is 0 Å². The van der Waals surface area contributed by atoms with E-state index in [-0.39, 0.29) is 16.6 Å². The van der Waals surface area contributed by atoms with Gasteiger partial charge >= 0.3 is 6.55 Å². The average molecular weight is 352 g/mol. The zero-order valence-corrected chi connectivity index (χ0v) is 13.1. The van der Waals surface area contributed by atoms with Gasteiger partial charge in [-0.2, -0.15) is 18.6 Å². The highest BCUT2D eigenvalue weighted by Gasteiger charge is 2.19. The third kappa shape index (κ3) is 3.16. The number of aromatic nitrogens is 3. The topological polar surface area (TPSA) is 59.8 Å². The number of nitrogens with one attached hydrogen (secondary N) is 1. The van der Waals surface area contributed by atoms with E-state index in [4.69, 9.17) is 0 Å². The lowest BCUT2D eigenvalue weighted by molar-refractivity contribution is 0.0520. The molecule has 5 nitrogen and oxygen atoms in total. The zero-order valence-electron chi connectivity index (χ0n) is 12.3. The molecule has 2 heterocycles. The second-order valence-corrected chi connectivity index (χ2v) is 6.03. The standard InChI is InChI=1S/C15H11F3N4OS/c1-8-12(9-2-4-10(16)5-3-9)20-15(24-8)21-13(23)11-6-7-19-22(11)14(17)18/h2-7,14H,1H3,(H,20,21,23). The molecule has 3 aromatic rings. The normalized spacial score (nSPS) is 11.0. The highest BCUT2D eigenvalue weighted by molar-refractivity contribution is 7.16. The predicted octanol–water partition coefficient (Wildman–Crippen LogP) is 4.10. The van der Waals surface area contributed by atoms with Gasteiger partial charge in [-0.05, 0) is 37.3 Å². The van der Waals surface area contributed by atoms with Crippen molar-refractivity contribution in [1.82, 2.24) is 14.8 Å². The van der Waals surface area contributed by atoms with Crippen LogP contribution in [-0.2, 0) is 0 Å². The number of amides is 1. The number of hydrogen-bond acceptors (Lipinski definition) is 4. The molecule has 0 spiro atoms. The molecule has 1 aromatic carbocycles. The Morgan fingerprint density at radius 1 is 1.25 bits per heavy atom. The molecule has 0 atom stereocenters. The molecule has 1 N–H and O–H groups in total. The maximum Gasteiger partial charge on any atom is 0.333 e. The Labute approximate surface area is 138 Å². The number of aryl methyl sites for hydroxylation is 1. The quantitative estimate of drug-likeness (QED) is 0.769. The van der Waals surface area contributed by atoms with E-state index in [0.717, 1.165) is 11.1 Å². The minimum Gasteiger partial charge on any atom is -0.296 e. The van der Waals surface area contributed by atoms with E-state index in [1.54, 1.807) is 19.1 Å². The van der Waals surface area contributed by atoms with Crippen molar-refractivity contribution in [2.45, 2.75) is 13.5 Å². The molecule has 2 aromatic heterocycles. The Bertz CT molecular complexity index is 873. The number of carbonyl (C=O) groups excluding carboxylic acids is 1. The Morgan fingerprint density at radius 3 is 2.62 bits per heavy atom. The number of halogens is 3. The summed E-state index contributed by atoms with van der Waals surface area (Å²) in [5, 5.41) is 6.16. The van der Waals surface area contributed by atoms with Gasteiger partial charge in [0.25, 0.3) is 5.91 Å². The van der Waals surface area contributed by atoms with Crippen LogP contribution in [0.2, 0.25) is 0 Å². The molecule has 0 saturated heterocycles. The molecule has 0 radical (unpaired) electrons. The van der Waals surface area contributed by atoms with Crippen LogP contribution in [0.3, 0.4) is 0 Å². The molecule has 0 aliphatic rings. The number of alkyl halides is 2. The van der Waals surface area contributed by atoms with E-state index in [9.17, 15) is 18.0 Å². The van der Waals surface area contributed by atoms with Crippen LogP contribution in [0.4, 0.5) is 18.3 Å². The largest absolute Gasteiger partial charge is 0.333 e. The fraction of sp³-hybridized carbons (Fsp3) is 0.133. The number of carbonyl (C=O) groups is 1. The maximum absolute atomic E-state index is 13.0. The van der Waals surface area contributed by atoms with Crippen molar-refractivity contribution in [1.29, 1.82) is 0 Å². The summed E-state index contributed by atoms with van der Waals surface area (Å²) in [4.78, 5) is 17.2. The zero-order chi connectivity index (χ0) is 17.3. The van der Waals surface area contributed by atoms with Gasteiger partial charge in [-0.15, -0.1) is 11.3 Å². The maximum atomic E-state index is 13.0. The van der Waals surface area contributed by atoms with E-state index in [1.807, 2.05) is 0 Å². The number of nitrogens with zero attached hydrogens (tertiary/aromatic N) is 3. The van der Waals surface area contributed by atoms with E-state index >= 15 is 0 Å². The first-order chi connectivity index (χ1) is 11.5. The molecule has 3 rings (SSSR count). The highest BCUT2D eigenvalue weighted by atomic mass is 32.1. The van der Waals surface area contributed by atoms with Gasteiger partial charge < -0.3 is 0 Å². The van der Waals surface area contributed by atoms with Crippen LogP contribution in [0.5, 0.6) is 0 Å². The molecule has 0 aliphatic carbocycles. The summed E-state index contributed by atoms with van der Waals surface area (Å²) in [5.41, 5.74) is 1.03. The lowest BCUT2D eigenvalue weighted by Crippen LogP contribution is -2.18. The van der Waals surface area contributed by atoms with Crippen molar-refractivity contribution in [2.24, 2.45) is 0 Å². The molecule has 0 fully saturated rings. The van der Waals surface area contributed by atoms with Crippen LogP contribution in [0, 0.1) is 12.7 Å². The number of hydrogen-bond donors (Lipinski definition) is 1. The summed E-state index contributed by atoms with van der Waals surface area (Å²) in [5.74, 6) is -1.09. The van der Waals surface area contributed by atoms with Crippen molar-refractivity contribution in [3.8, 4) is 11.3 Å².